The summed E-state index contributed by atoms with van der Waals surface area (Å²) in [6.07, 6.45) is 1.19. The summed E-state index contributed by atoms with van der Waals surface area (Å²) in [5, 5.41) is 3.33. The molecule has 1 unspecified atom stereocenters. The van der Waals surface area contributed by atoms with Crippen LogP contribution in [0.5, 0.6) is 11.5 Å². The van der Waals surface area contributed by atoms with E-state index < -0.39 is 6.04 Å². The Morgan fingerprint density at radius 2 is 1.66 bits per heavy atom. The number of carbonyl (C=O) groups excluding carboxylic acids is 2. The third kappa shape index (κ3) is 6.55. The first-order chi connectivity index (χ1) is 17.0. The number of hydrogen-bond donors (Lipinski definition) is 1. The number of rotatable bonds is 9. The minimum atomic E-state index is -0.658. The van der Waals surface area contributed by atoms with E-state index in [1.165, 1.54) is 0 Å². The number of benzene rings is 3. The Morgan fingerprint density at radius 3 is 2.40 bits per heavy atom. The lowest BCUT2D eigenvalue weighted by Crippen LogP contribution is -2.49. The van der Waals surface area contributed by atoms with Crippen LogP contribution in [-0.4, -0.2) is 43.0 Å². The van der Waals surface area contributed by atoms with Gasteiger partial charge in [-0.3, -0.25) is 9.59 Å². The highest BCUT2D eigenvalue weighted by molar-refractivity contribution is 6.30. The van der Waals surface area contributed by atoms with Gasteiger partial charge in [-0.2, -0.15) is 0 Å². The highest BCUT2D eigenvalue weighted by Gasteiger charge is 2.29. The molecule has 3 aromatic rings. The van der Waals surface area contributed by atoms with Crippen molar-refractivity contribution in [2.24, 2.45) is 0 Å². The van der Waals surface area contributed by atoms with Crippen molar-refractivity contribution in [2.75, 3.05) is 20.3 Å². The standard InChI is InChI=1S/C28H29ClN2O4/c1-30-28(33)24(17-20-6-3-2-4-7-20)31(19-22-8-5-9-23(29)16-22)27(32)13-11-21-10-12-25-26(18-21)35-15-14-34-25/h2-10,12,16,18,24H,11,13-15,17,19H2,1H3,(H,30,33). The van der Waals surface area contributed by atoms with Crippen LogP contribution in [0.15, 0.2) is 72.8 Å². The van der Waals surface area contributed by atoms with Gasteiger partial charge in [0, 0.05) is 31.5 Å². The van der Waals surface area contributed by atoms with Crippen molar-refractivity contribution in [3.05, 3.63) is 94.5 Å². The number of hydrogen-bond acceptors (Lipinski definition) is 4. The van der Waals surface area contributed by atoms with Gasteiger partial charge in [0.1, 0.15) is 19.3 Å². The summed E-state index contributed by atoms with van der Waals surface area (Å²) >= 11 is 6.20. The SMILES string of the molecule is CNC(=O)C(Cc1ccccc1)N(Cc1cccc(Cl)c1)C(=O)CCc1ccc2c(c1)OCCO2. The van der Waals surface area contributed by atoms with Crippen molar-refractivity contribution in [3.63, 3.8) is 0 Å². The number of aryl methyl sites for hydroxylation is 1. The molecule has 35 heavy (non-hydrogen) atoms. The van der Waals surface area contributed by atoms with Gasteiger partial charge in [0.05, 0.1) is 0 Å². The predicted molar refractivity (Wildman–Crippen MR) is 136 cm³/mol. The van der Waals surface area contributed by atoms with E-state index in [9.17, 15) is 9.59 Å². The van der Waals surface area contributed by atoms with E-state index in [1.807, 2.05) is 66.7 Å². The van der Waals surface area contributed by atoms with E-state index in [1.54, 1.807) is 18.0 Å². The zero-order valence-corrected chi connectivity index (χ0v) is 20.5. The zero-order chi connectivity index (χ0) is 24.6. The first-order valence-corrected chi connectivity index (χ1v) is 12.1. The number of carbonyl (C=O) groups is 2. The normalized spacial score (nSPS) is 13.1. The van der Waals surface area contributed by atoms with Crippen LogP contribution in [0.2, 0.25) is 5.02 Å². The molecule has 1 aliphatic heterocycles. The van der Waals surface area contributed by atoms with Crippen molar-refractivity contribution in [3.8, 4) is 11.5 Å². The fraction of sp³-hybridized carbons (Fsp3) is 0.286. The number of likely N-dealkylation sites (N-methyl/N-ethyl adjacent to an activating group) is 1. The van der Waals surface area contributed by atoms with E-state index in [-0.39, 0.29) is 24.8 Å². The Balaban J connectivity index is 1.56. The molecule has 0 aliphatic carbocycles. The van der Waals surface area contributed by atoms with Crippen LogP contribution in [0, 0.1) is 0 Å². The molecule has 0 fully saturated rings. The number of amides is 2. The molecule has 6 nitrogen and oxygen atoms in total. The van der Waals surface area contributed by atoms with E-state index >= 15 is 0 Å². The largest absolute Gasteiger partial charge is 0.486 e. The van der Waals surface area contributed by atoms with E-state index in [2.05, 4.69) is 5.32 Å². The van der Waals surface area contributed by atoms with Crippen molar-refractivity contribution in [2.45, 2.75) is 31.8 Å². The molecule has 7 heteroatoms. The van der Waals surface area contributed by atoms with E-state index in [4.69, 9.17) is 21.1 Å². The van der Waals surface area contributed by atoms with Crippen LogP contribution in [0.3, 0.4) is 0 Å². The van der Waals surface area contributed by atoms with Crippen molar-refractivity contribution in [1.82, 2.24) is 10.2 Å². The van der Waals surface area contributed by atoms with E-state index in [0.717, 1.165) is 22.4 Å². The Kier molecular flexibility index (Phi) is 8.27. The monoisotopic (exact) mass is 492 g/mol. The van der Waals surface area contributed by atoms with Crippen LogP contribution in [0.25, 0.3) is 0 Å². The van der Waals surface area contributed by atoms with Crippen molar-refractivity contribution in [1.29, 1.82) is 0 Å². The smallest absolute Gasteiger partial charge is 0.242 e. The number of fused-ring (bicyclic) bond motifs is 1. The van der Waals surface area contributed by atoms with Gasteiger partial charge in [-0.05, 0) is 47.4 Å². The molecule has 182 valence electrons. The molecule has 3 aromatic carbocycles. The maximum atomic E-state index is 13.6. The molecular weight excluding hydrogens is 464 g/mol. The van der Waals surface area contributed by atoms with Crippen molar-refractivity contribution >= 4 is 23.4 Å². The number of nitrogens with one attached hydrogen (secondary N) is 1. The lowest BCUT2D eigenvalue weighted by atomic mass is 10.0. The van der Waals surface area contributed by atoms with Gasteiger partial charge in [-0.25, -0.2) is 0 Å². The quantitative estimate of drug-likeness (QED) is 0.480. The molecule has 0 saturated carbocycles. The minimum Gasteiger partial charge on any atom is -0.486 e. The summed E-state index contributed by atoms with van der Waals surface area (Å²) in [7, 11) is 1.59. The Hall–Kier alpha value is -3.51. The highest BCUT2D eigenvalue weighted by atomic mass is 35.5. The molecule has 1 aliphatic rings. The van der Waals surface area contributed by atoms with Gasteiger partial charge >= 0.3 is 0 Å². The summed E-state index contributed by atoms with van der Waals surface area (Å²) in [6, 6.07) is 22.2. The van der Waals surface area contributed by atoms with Gasteiger partial charge in [-0.15, -0.1) is 0 Å². The third-order valence-corrected chi connectivity index (χ3v) is 6.23. The summed E-state index contributed by atoms with van der Waals surface area (Å²) in [5.41, 5.74) is 2.83. The average Bonchev–Trinajstić information content (AvgIpc) is 2.89. The molecule has 2 amide bonds. The van der Waals surface area contributed by atoms with Crippen LogP contribution in [0.1, 0.15) is 23.1 Å². The molecule has 0 aromatic heterocycles. The van der Waals surface area contributed by atoms with Gasteiger partial charge in [-0.1, -0.05) is 60.1 Å². The summed E-state index contributed by atoms with van der Waals surface area (Å²) < 4.78 is 11.3. The summed E-state index contributed by atoms with van der Waals surface area (Å²) in [5.74, 6) is 1.11. The van der Waals surface area contributed by atoms with E-state index in [0.29, 0.717) is 36.8 Å². The van der Waals surface area contributed by atoms with Crippen molar-refractivity contribution < 1.29 is 19.1 Å². The fourth-order valence-electron chi connectivity index (χ4n) is 4.19. The second kappa shape index (κ2) is 11.8. The molecule has 0 radical (unpaired) electrons. The molecule has 0 saturated heterocycles. The molecule has 1 heterocycles. The van der Waals surface area contributed by atoms with Gasteiger partial charge in [0.25, 0.3) is 0 Å². The molecule has 0 bridgehead atoms. The number of halogens is 1. The Morgan fingerprint density at radius 1 is 0.914 bits per heavy atom. The summed E-state index contributed by atoms with van der Waals surface area (Å²) in [6.45, 7) is 1.33. The zero-order valence-electron chi connectivity index (χ0n) is 19.7. The second-order valence-electron chi connectivity index (χ2n) is 8.45. The molecule has 1 N–H and O–H groups in total. The Labute approximate surface area is 210 Å². The van der Waals surface area contributed by atoms with Crippen LogP contribution >= 0.6 is 11.6 Å². The average molecular weight is 493 g/mol. The first-order valence-electron chi connectivity index (χ1n) is 11.7. The minimum absolute atomic E-state index is 0.107. The third-order valence-electron chi connectivity index (χ3n) is 5.99. The topological polar surface area (TPSA) is 67.9 Å². The number of nitrogens with zero attached hydrogens (tertiary/aromatic N) is 1. The lowest BCUT2D eigenvalue weighted by Gasteiger charge is -2.31. The van der Waals surface area contributed by atoms with Gasteiger partial charge in [0.2, 0.25) is 11.8 Å². The summed E-state index contributed by atoms with van der Waals surface area (Å²) in [4.78, 5) is 28.3. The lowest BCUT2D eigenvalue weighted by molar-refractivity contribution is -0.141. The molecule has 0 spiro atoms. The molecule has 1 atom stereocenters. The predicted octanol–water partition coefficient (Wildman–Crippen LogP) is 4.43. The van der Waals surface area contributed by atoms with Crippen LogP contribution in [0.4, 0.5) is 0 Å². The highest BCUT2D eigenvalue weighted by Crippen LogP contribution is 2.31. The second-order valence-corrected chi connectivity index (χ2v) is 8.89. The fourth-order valence-corrected chi connectivity index (χ4v) is 4.40. The van der Waals surface area contributed by atoms with Crippen LogP contribution < -0.4 is 14.8 Å². The van der Waals surface area contributed by atoms with Crippen LogP contribution in [-0.2, 0) is 29.0 Å². The maximum absolute atomic E-state index is 13.6. The molecular formula is C28H29ClN2O4. The first kappa shape index (κ1) is 24.6. The van der Waals surface area contributed by atoms with Gasteiger partial charge in [0.15, 0.2) is 11.5 Å². The maximum Gasteiger partial charge on any atom is 0.242 e. The Bertz CT molecular complexity index is 1170. The number of ether oxygens (including phenoxy) is 2. The molecule has 4 rings (SSSR count). The van der Waals surface area contributed by atoms with Gasteiger partial charge < -0.3 is 19.7 Å².